The highest BCUT2D eigenvalue weighted by molar-refractivity contribution is 9.11. The second-order valence-electron chi connectivity index (χ2n) is 4.00. The molecular weight excluding hydrogens is 376 g/mol. The van der Waals surface area contributed by atoms with Crippen molar-refractivity contribution in [2.24, 2.45) is 5.84 Å². The number of nitrogens with two attached hydrogens (primary N) is 1. The maximum atomic E-state index is 5.68. The fourth-order valence-corrected chi connectivity index (χ4v) is 3.03. The smallest absolute Gasteiger partial charge is 0.108 e. The number of hydrogen-bond acceptors (Lipinski definition) is 5. The Kier molecular flexibility index (Phi) is 5.03. The first kappa shape index (κ1) is 14.6. The molecule has 2 aromatic heterocycles. The fraction of sp³-hybridized carbons (Fsp3) is 0.364. The van der Waals surface area contributed by atoms with E-state index in [2.05, 4.69) is 59.5 Å². The Bertz CT molecular complexity index is 556. The lowest BCUT2D eigenvalue weighted by molar-refractivity contribution is 0.506. The van der Waals surface area contributed by atoms with Crippen LogP contribution in [0.1, 0.15) is 30.8 Å². The predicted octanol–water partition coefficient (Wildman–Crippen LogP) is 2.16. The molecule has 102 valence electrons. The van der Waals surface area contributed by atoms with E-state index in [1.54, 1.807) is 12.4 Å². The van der Waals surface area contributed by atoms with Crippen molar-refractivity contribution in [1.29, 1.82) is 0 Å². The van der Waals surface area contributed by atoms with Gasteiger partial charge in [0, 0.05) is 21.7 Å². The van der Waals surface area contributed by atoms with Gasteiger partial charge in [-0.15, -0.1) is 5.10 Å². The van der Waals surface area contributed by atoms with Crippen LogP contribution in [0.4, 0.5) is 0 Å². The van der Waals surface area contributed by atoms with Crippen LogP contribution in [0, 0.1) is 0 Å². The molecule has 6 nitrogen and oxygen atoms in total. The van der Waals surface area contributed by atoms with E-state index < -0.39 is 0 Å². The van der Waals surface area contributed by atoms with Gasteiger partial charge in [0.15, 0.2) is 0 Å². The Morgan fingerprint density at radius 1 is 1.42 bits per heavy atom. The summed E-state index contributed by atoms with van der Waals surface area (Å²) >= 11 is 6.88. The van der Waals surface area contributed by atoms with Crippen LogP contribution < -0.4 is 11.3 Å². The van der Waals surface area contributed by atoms with E-state index in [0.29, 0.717) is 0 Å². The number of hydrazine groups is 1. The summed E-state index contributed by atoms with van der Waals surface area (Å²) in [7, 11) is 0. The molecule has 0 aromatic carbocycles. The van der Waals surface area contributed by atoms with Crippen LogP contribution in [0.2, 0.25) is 0 Å². The van der Waals surface area contributed by atoms with Crippen LogP contribution in [0.15, 0.2) is 27.4 Å². The van der Waals surface area contributed by atoms with Gasteiger partial charge >= 0.3 is 0 Å². The highest BCUT2D eigenvalue weighted by Crippen LogP contribution is 2.28. The van der Waals surface area contributed by atoms with Gasteiger partial charge in [0.25, 0.3) is 0 Å². The molecule has 0 amide bonds. The number of rotatable bonds is 5. The van der Waals surface area contributed by atoms with Gasteiger partial charge in [0.2, 0.25) is 0 Å². The summed E-state index contributed by atoms with van der Waals surface area (Å²) in [5, 5.41) is 8.01. The largest absolute Gasteiger partial charge is 0.270 e. The normalized spacial score (nSPS) is 12.6. The van der Waals surface area contributed by atoms with E-state index in [0.717, 1.165) is 33.3 Å². The third-order valence-corrected chi connectivity index (χ3v) is 3.72. The standard InChI is InChI=1S/C11H14Br2N6/c1-2-3-19-9(6-16-18-19)11(17-14)10-8(13)4-7(12)5-15-10/h4-6,11,17H,2-3,14H2,1H3. The van der Waals surface area contributed by atoms with Gasteiger partial charge in [-0.05, 0) is 44.3 Å². The monoisotopic (exact) mass is 388 g/mol. The summed E-state index contributed by atoms with van der Waals surface area (Å²) in [5.41, 5.74) is 4.46. The Hall–Kier alpha value is -0.830. The highest BCUT2D eigenvalue weighted by atomic mass is 79.9. The topological polar surface area (TPSA) is 81.7 Å². The van der Waals surface area contributed by atoms with Crippen LogP contribution in [-0.4, -0.2) is 20.0 Å². The Balaban J connectivity index is 2.41. The average Bonchev–Trinajstić information content (AvgIpc) is 2.82. The average molecular weight is 390 g/mol. The van der Waals surface area contributed by atoms with Crippen molar-refractivity contribution in [2.45, 2.75) is 25.9 Å². The summed E-state index contributed by atoms with van der Waals surface area (Å²) < 4.78 is 3.61. The molecule has 0 fully saturated rings. The van der Waals surface area contributed by atoms with Gasteiger partial charge < -0.3 is 0 Å². The molecule has 8 heteroatoms. The van der Waals surface area contributed by atoms with Crippen molar-refractivity contribution >= 4 is 31.9 Å². The zero-order chi connectivity index (χ0) is 13.8. The third-order valence-electron chi connectivity index (χ3n) is 2.66. The van der Waals surface area contributed by atoms with Gasteiger partial charge in [-0.1, -0.05) is 12.1 Å². The Morgan fingerprint density at radius 2 is 2.21 bits per heavy atom. The first-order chi connectivity index (χ1) is 9.17. The maximum Gasteiger partial charge on any atom is 0.108 e. The van der Waals surface area contributed by atoms with Crippen LogP contribution in [-0.2, 0) is 6.54 Å². The molecule has 1 unspecified atom stereocenters. The predicted molar refractivity (Wildman–Crippen MR) is 79.1 cm³/mol. The SMILES string of the molecule is CCCn1nncc1C(NN)c1ncc(Br)cc1Br. The molecule has 3 N–H and O–H groups in total. The molecule has 0 aliphatic rings. The van der Waals surface area contributed by atoms with Crippen LogP contribution in [0.25, 0.3) is 0 Å². The summed E-state index contributed by atoms with van der Waals surface area (Å²) in [4.78, 5) is 4.40. The summed E-state index contributed by atoms with van der Waals surface area (Å²) in [6, 6.07) is 1.67. The van der Waals surface area contributed by atoms with E-state index in [1.807, 2.05) is 10.7 Å². The van der Waals surface area contributed by atoms with Crippen molar-refractivity contribution < 1.29 is 0 Å². The molecule has 2 rings (SSSR count). The molecule has 0 spiro atoms. The summed E-state index contributed by atoms with van der Waals surface area (Å²) in [5.74, 6) is 5.68. The number of aryl methyl sites for hydroxylation is 1. The number of hydrogen-bond donors (Lipinski definition) is 2. The van der Waals surface area contributed by atoms with Crippen molar-refractivity contribution in [3.63, 3.8) is 0 Å². The lowest BCUT2D eigenvalue weighted by Gasteiger charge is -2.17. The highest BCUT2D eigenvalue weighted by Gasteiger charge is 2.21. The van der Waals surface area contributed by atoms with Crippen molar-refractivity contribution in [1.82, 2.24) is 25.4 Å². The van der Waals surface area contributed by atoms with Crippen LogP contribution in [0.3, 0.4) is 0 Å². The van der Waals surface area contributed by atoms with Crippen LogP contribution >= 0.6 is 31.9 Å². The first-order valence-corrected chi connectivity index (χ1v) is 7.41. The number of aromatic nitrogens is 4. The second kappa shape index (κ2) is 6.56. The second-order valence-corrected chi connectivity index (χ2v) is 5.77. The molecule has 0 bridgehead atoms. The molecule has 0 saturated carbocycles. The van der Waals surface area contributed by atoms with E-state index in [9.17, 15) is 0 Å². The van der Waals surface area contributed by atoms with Gasteiger partial charge in [0.05, 0.1) is 17.6 Å². The zero-order valence-electron chi connectivity index (χ0n) is 10.3. The molecule has 0 aliphatic carbocycles. The summed E-state index contributed by atoms with van der Waals surface area (Å²) in [6.45, 7) is 2.88. The molecule has 0 aliphatic heterocycles. The minimum Gasteiger partial charge on any atom is -0.270 e. The minimum absolute atomic E-state index is 0.260. The van der Waals surface area contributed by atoms with Crippen molar-refractivity contribution in [2.75, 3.05) is 0 Å². The molecule has 2 aromatic rings. The quantitative estimate of drug-likeness (QED) is 0.604. The number of nitrogens with one attached hydrogen (secondary N) is 1. The van der Waals surface area contributed by atoms with Gasteiger partial charge in [0.1, 0.15) is 6.04 Å². The van der Waals surface area contributed by atoms with E-state index in [4.69, 9.17) is 5.84 Å². The summed E-state index contributed by atoms with van der Waals surface area (Å²) in [6.07, 6.45) is 4.41. The lowest BCUT2D eigenvalue weighted by atomic mass is 10.1. The van der Waals surface area contributed by atoms with E-state index in [1.165, 1.54) is 0 Å². The number of nitrogens with zero attached hydrogens (tertiary/aromatic N) is 4. The minimum atomic E-state index is -0.260. The molecule has 19 heavy (non-hydrogen) atoms. The van der Waals surface area contributed by atoms with Gasteiger partial charge in [-0.3, -0.25) is 10.8 Å². The fourth-order valence-electron chi connectivity index (χ4n) is 1.82. The molecule has 2 heterocycles. The number of pyridine rings is 1. The first-order valence-electron chi connectivity index (χ1n) is 5.82. The molecule has 1 atom stereocenters. The zero-order valence-corrected chi connectivity index (χ0v) is 13.5. The lowest BCUT2D eigenvalue weighted by Crippen LogP contribution is -2.31. The maximum absolute atomic E-state index is 5.68. The third kappa shape index (κ3) is 3.19. The number of halogens is 2. The van der Waals surface area contributed by atoms with Crippen molar-refractivity contribution in [3.05, 3.63) is 38.8 Å². The molecular formula is C11H14Br2N6. The van der Waals surface area contributed by atoms with E-state index in [-0.39, 0.29) is 6.04 Å². The Labute approximate surface area is 128 Å². The Morgan fingerprint density at radius 3 is 2.84 bits per heavy atom. The molecule has 0 radical (unpaired) electrons. The van der Waals surface area contributed by atoms with Crippen molar-refractivity contribution in [3.8, 4) is 0 Å². The van der Waals surface area contributed by atoms with Gasteiger partial charge in [-0.25, -0.2) is 10.1 Å². The van der Waals surface area contributed by atoms with Gasteiger partial charge in [-0.2, -0.15) is 0 Å². The van der Waals surface area contributed by atoms with Crippen LogP contribution in [0.5, 0.6) is 0 Å². The van der Waals surface area contributed by atoms with E-state index >= 15 is 0 Å². The molecule has 0 saturated heterocycles.